The summed E-state index contributed by atoms with van der Waals surface area (Å²) in [5, 5.41) is 12.8. The van der Waals surface area contributed by atoms with Crippen LogP contribution in [0.4, 0.5) is 5.69 Å². The van der Waals surface area contributed by atoms with Gasteiger partial charge in [-0.15, -0.1) is 0 Å². The van der Waals surface area contributed by atoms with Crippen molar-refractivity contribution in [2.75, 3.05) is 5.32 Å². The van der Waals surface area contributed by atoms with Crippen molar-refractivity contribution in [3.63, 3.8) is 0 Å². The number of nitrogens with one attached hydrogen (secondary N) is 1. The fraction of sp³-hybridized carbons (Fsp3) is 0.250. The highest BCUT2D eigenvalue weighted by Gasteiger charge is 2.13. The van der Waals surface area contributed by atoms with Gasteiger partial charge in [0.05, 0.1) is 0 Å². The number of aryl methyl sites for hydroxylation is 1. The Hall–Kier alpha value is -3.14. The number of pyridine rings is 1. The second kappa shape index (κ2) is 8.26. The summed E-state index contributed by atoms with van der Waals surface area (Å²) in [6, 6.07) is 19.1. The number of aromatic hydroxyl groups is 1. The lowest BCUT2D eigenvalue weighted by molar-refractivity contribution is -0.116. The zero-order chi connectivity index (χ0) is 20.1. The summed E-state index contributed by atoms with van der Waals surface area (Å²) in [5.74, 6) is 0.116. The molecule has 1 heterocycles. The molecule has 0 spiro atoms. The smallest absolute Gasteiger partial charge is 0.224 e. The van der Waals surface area contributed by atoms with Crippen LogP contribution in [0.15, 0.2) is 66.9 Å². The Morgan fingerprint density at radius 2 is 1.68 bits per heavy atom. The van der Waals surface area contributed by atoms with E-state index in [1.807, 2.05) is 24.3 Å². The first-order chi connectivity index (χ1) is 13.3. The molecule has 0 saturated heterocycles. The van der Waals surface area contributed by atoms with Gasteiger partial charge in [-0.1, -0.05) is 57.2 Å². The van der Waals surface area contributed by atoms with Gasteiger partial charge in [0.25, 0.3) is 0 Å². The molecule has 4 heteroatoms. The predicted molar refractivity (Wildman–Crippen MR) is 113 cm³/mol. The Balaban J connectivity index is 1.56. The molecule has 0 fully saturated rings. The second-order valence-electron chi connectivity index (χ2n) is 7.94. The van der Waals surface area contributed by atoms with Crippen molar-refractivity contribution < 1.29 is 9.90 Å². The first-order valence-corrected chi connectivity index (χ1v) is 9.46. The average molecular weight is 374 g/mol. The number of amides is 1. The fourth-order valence-electron chi connectivity index (χ4n) is 2.98. The molecule has 144 valence electrons. The normalized spacial score (nSPS) is 11.2. The number of anilines is 1. The molecule has 0 aliphatic carbocycles. The molecule has 2 N–H and O–H groups in total. The fourth-order valence-corrected chi connectivity index (χ4v) is 2.98. The van der Waals surface area contributed by atoms with E-state index in [1.54, 1.807) is 18.3 Å². The van der Waals surface area contributed by atoms with Crippen molar-refractivity contribution in [3.8, 4) is 17.0 Å². The second-order valence-corrected chi connectivity index (χ2v) is 7.94. The summed E-state index contributed by atoms with van der Waals surface area (Å²) in [5.41, 5.74) is 4.64. The summed E-state index contributed by atoms with van der Waals surface area (Å²) in [7, 11) is 0. The van der Waals surface area contributed by atoms with Crippen molar-refractivity contribution in [1.29, 1.82) is 0 Å². The Kier molecular flexibility index (Phi) is 5.78. The van der Waals surface area contributed by atoms with E-state index >= 15 is 0 Å². The quantitative estimate of drug-likeness (QED) is 0.635. The predicted octanol–water partition coefficient (Wildman–Crippen LogP) is 5.32. The van der Waals surface area contributed by atoms with Crippen LogP contribution in [-0.4, -0.2) is 16.0 Å². The van der Waals surface area contributed by atoms with Gasteiger partial charge < -0.3 is 10.4 Å². The van der Waals surface area contributed by atoms with Crippen LogP contribution in [0.1, 0.15) is 38.3 Å². The molecule has 0 atom stereocenters. The highest BCUT2D eigenvalue weighted by atomic mass is 16.3. The van der Waals surface area contributed by atoms with E-state index in [-0.39, 0.29) is 17.1 Å². The van der Waals surface area contributed by atoms with Gasteiger partial charge in [0.15, 0.2) is 0 Å². The molecule has 0 aliphatic heterocycles. The lowest BCUT2D eigenvalue weighted by Gasteiger charge is -2.19. The maximum atomic E-state index is 12.3. The van der Waals surface area contributed by atoms with Crippen LogP contribution in [0.3, 0.4) is 0 Å². The van der Waals surface area contributed by atoms with Gasteiger partial charge >= 0.3 is 0 Å². The van der Waals surface area contributed by atoms with Crippen LogP contribution in [0.2, 0.25) is 0 Å². The van der Waals surface area contributed by atoms with Crippen molar-refractivity contribution in [2.24, 2.45) is 0 Å². The van der Waals surface area contributed by atoms with Gasteiger partial charge in [0.1, 0.15) is 11.4 Å². The minimum Gasteiger partial charge on any atom is -0.506 e. The van der Waals surface area contributed by atoms with Crippen molar-refractivity contribution in [2.45, 2.75) is 39.0 Å². The van der Waals surface area contributed by atoms with Crippen LogP contribution in [0.5, 0.6) is 5.75 Å². The molecule has 2 aromatic carbocycles. The van der Waals surface area contributed by atoms with E-state index < -0.39 is 0 Å². The molecule has 0 radical (unpaired) electrons. The van der Waals surface area contributed by atoms with Crippen molar-refractivity contribution >= 4 is 11.6 Å². The first kappa shape index (κ1) is 19.6. The van der Waals surface area contributed by atoms with Gasteiger partial charge in [0, 0.05) is 23.9 Å². The maximum Gasteiger partial charge on any atom is 0.224 e. The standard InChI is InChI=1S/C24H26N2O2/c1-24(2,3)19-11-6-17(7-12-19)8-15-22(28)26-20-13-9-18(10-14-20)23-21(27)5-4-16-25-23/h4-7,9-14,16,27H,8,15H2,1-3H3,(H,26,28). The number of hydrogen-bond donors (Lipinski definition) is 2. The molecule has 0 unspecified atom stereocenters. The summed E-state index contributed by atoms with van der Waals surface area (Å²) in [4.78, 5) is 16.4. The average Bonchev–Trinajstić information content (AvgIpc) is 2.67. The minimum atomic E-state index is -0.0201. The van der Waals surface area contributed by atoms with Crippen molar-refractivity contribution in [1.82, 2.24) is 4.98 Å². The van der Waals surface area contributed by atoms with E-state index in [0.29, 0.717) is 18.5 Å². The third-order valence-corrected chi connectivity index (χ3v) is 4.69. The molecule has 3 aromatic rings. The van der Waals surface area contributed by atoms with Gasteiger partial charge in [-0.2, -0.15) is 0 Å². The third-order valence-electron chi connectivity index (χ3n) is 4.69. The lowest BCUT2D eigenvalue weighted by Crippen LogP contribution is -2.13. The molecule has 1 amide bonds. The van der Waals surface area contributed by atoms with Gasteiger partial charge in [-0.25, -0.2) is 0 Å². The van der Waals surface area contributed by atoms with Crippen molar-refractivity contribution in [3.05, 3.63) is 78.0 Å². The van der Waals surface area contributed by atoms with Gasteiger partial charge in [0.2, 0.25) is 5.91 Å². The van der Waals surface area contributed by atoms with Crippen LogP contribution in [-0.2, 0) is 16.6 Å². The first-order valence-electron chi connectivity index (χ1n) is 9.46. The molecule has 4 nitrogen and oxygen atoms in total. The van der Waals surface area contributed by atoms with E-state index in [9.17, 15) is 9.90 Å². The Morgan fingerprint density at radius 1 is 1.00 bits per heavy atom. The lowest BCUT2D eigenvalue weighted by atomic mass is 9.86. The van der Waals surface area contributed by atoms with Gasteiger partial charge in [-0.05, 0) is 47.2 Å². The summed E-state index contributed by atoms with van der Waals surface area (Å²) < 4.78 is 0. The largest absolute Gasteiger partial charge is 0.506 e. The number of carbonyl (C=O) groups excluding carboxylic acids is 1. The Bertz CT molecular complexity index is 940. The number of carbonyl (C=O) groups is 1. The van der Waals surface area contributed by atoms with E-state index in [2.05, 4.69) is 55.3 Å². The zero-order valence-corrected chi connectivity index (χ0v) is 16.6. The summed E-state index contributed by atoms with van der Waals surface area (Å²) >= 11 is 0. The minimum absolute atomic E-state index is 0.0201. The highest BCUT2D eigenvalue weighted by Crippen LogP contribution is 2.27. The highest BCUT2D eigenvalue weighted by molar-refractivity contribution is 5.91. The zero-order valence-electron chi connectivity index (χ0n) is 16.6. The number of benzene rings is 2. The SMILES string of the molecule is CC(C)(C)c1ccc(CCC(=O)Nc2ccc(-c3ncccc3O)cc2)cc1. The van der Waals surface area contributed by atoms with Crippen LogP contribution < -0.4 is 5.32 Å². The Labute approximate surface area is 166 Å². The van der Waals surface area contributed by atoms with Crippen LogP contribution in [0.25, 0.3) is 11.3 Å². The van der Waals surface area contributed by atoms with Gasteiger partial charge in [-0.3, -0.25) is 9.78 Å². The number of aromatic nitrogens is 1. The van der Waals surface area contributed by atoms with E-state index in [4.69, 9.17) is 0 Å². The van der Waals surface area contributed by atoms with E-state index in [1.165, 1.54) is 5.56 Å². The number of nitrogens with zero attached hydrogens (tertiary/aromatic N) is 1. The molecular weight excluding hydrogens is 348 g/mol. The van der Waals surface area contributed by atoms with E-state index in [0.717, 1.165) is 16.8 Å². The molecule has 1 aromatic heterocycles. The number of rotatable bonds is 5. The van der Waals surface area contributed by atoms with Crippen LogP contribution in [0, 0.1) is 0 Å². The third kappa shape index (κ3) is 4.97. The molecule has 0 saturated carbocycles. The molecule has 3 rings (SSSR count). The number of hydrogen-bond acceptors (Lipinski definition) is 3. The molecular formula is C24H26N2O2. The molecule has 0 bridgehead atoms. The summed E-state index contributed by atoms with van der Waals surface area (Å²) in [6.07, 6.45) is 2.77. The molecule has 28 heavy (non-hydrogen) atoms. The monoisotopic (exact) mass is 374 g/mol. The topological polar surface area (TPSA) is 62.2 Å². The van der Waals surface area contributed by atoms with Crippen LogP contribution >= 0.6 is 0 Å². The molecule has 0 aliphatic rings. The summed E-state index contributed by atoms with van der Waals surface area (Å²) in [6.45, 7) is 6.57. The Morgan fingerprint density at radius 3 is 2.29 bits per heavy atom. The maximum absolute atomic E-state index is 12.3.